The number of carbonyl (C=O) groups excluding carboxylic acids is 1. The minimum absolute atomic E-state index is 0.0302. The van der Waals surface area contributed by atoms with E-state index < -0.39 is 17.6 Å². The highest BCUT2D eigenvalue weighted by molar-refractivity contribution is 6.02. The maximum absolute atomic E-state index is 11.6. The number of hydrogen-bond donors (Lipinski definition) is 1. The summed E-state index contributed by atoms with van der Waals surface area (Å²) in [5.74, 6) is -2.16. The topological polar surface area (TPSA) is 105 Å². The SMILES string of the molecule is CC(=O)Oc1c(C(=O)O)nc(C#N)c2c1c(C)cn2Cc1ccccc1. The molecule has 0 bridgehead atoms. The third kappa shape index (κ3) is 3.00. The van der Waals surface area contributed by atoms with Gasteiger partial charge in [0.15, 0.2) is 17.1 Å². The molecule has 1 N–H and O–H groups in total. The Morgan fingerprint density at radius 1 is 1.31 bits per heavy atom. The van der Waals surface area contributed by atoms with Crippen molar-refractivity contribution < 1.29 is 19.4 Å². The first-order chi connectivity index (χ1) is 12.4. The summed E-state index contributed by atoms with van der Waals surface area (Å²) in [5.41, 5.74) is 1.65. The number of esters is 1. The van der Waals surface area contributed by atoms with Crippen LogP contribution in [0.15, 0.2) is 36.5 Å². The summed E-state index contributed by atoms with van der Waals surface area (Å²) in [6.07, 6.45) is 1.79. The number of fused-ring (bicyclic) bond motifs is 1. The molecule has 0 aliphatic rings. The molecule has 7 nitrogen and oxygen atoms in total. The average Bonchev–Trinajstić information content (AvgIpc) is 2.92. The van der Waals surface area contributed by atoms with Crippen LogP contribution in [0.4, 0.5) is 0 Å². The number of aromatic carboxylic acids is 1. The van der Waals surface area contributed by atoms with Crippen molar-refractivity contribution in [2.24, 2.45) is 0 Å². The second-order valence-electron chi connectivity index (χ2n) is 5.80. The molecule has 26 heavy (non-hydrogen) atoms. The lowest BCUT2D eigenvalue weighted by molar-refractivity contribution is -0.131. The van der Waals surface area contributed by atoms with E-state index in [1.54, 1.807) is 13.1 Å². The molecule has 0 atom stereocenters. The van der Waals surface area contributed by atoms with Crippen molar-refractivity contribution in [2.75, 3.05) is 0 Å². The number of rotatable bonds is 4. The lowest BCUT2D eigenvalue weighted by Crippen LogP contribution is -2.12. The van der Waals surface area contributed by atoms with E-state index in [2.05, 4.69) is 4.98 Å². The van der Waals surface area contributed by atoms with E-state index in [4.69, 9.17) is 4.74 Å². The Kier molecular flexibility index (Phi) is 4.42. The molecular formula is C19H15N3O4. The van der Waals surface area contributed by atoms with Crippen molar-refractivity contribution in [3.8, 4) is 11.8 Å². The number of carboxylic acid groups (broad SMARTS) is 1. The van der Waals surface area contributed by atoms with Crippen molar-refractivity contribution >= 4 is 22.8 Å². The van der Waals surface area contributed by atoms with Crippen LogP contribution in [-0.4, -0.2) is 26.6 Å². The lowest BCUT2D eigenvalue weighted by Gasteiger charge is -2.11. The van der Waals surface area contributed by atoms with Gasteiger partial charge < -0.3 is 14.4 Å². The summed E-state index contributed by atoms with van der Waals surface area (Å²) < 4.78 is 6.97. The van der Waals surface area contributed by atoms with Gasteiger partial charge in [0.25, 0.3) is 0 Å². The molecule has 2 heterocycles. The number of nitriles is 1. The van der Waals surface area contributed by atoms with E-state index in [0.717, 1.165) is 5.56 Å². The normalized spacial score (nSPS) is 10.5. The average molecular weight is 349 g/mol. The minimum Gasteiger partial charge on any atom is -0.476 e. The highest BCUT2D eigenvalue weighted by atomic mass is 16.5. The molecule has 2 aromatic heterocycles. The highest BCUT2D eigenvalue weighted by Gasteiger charge is 2.25. The van der Waals surface area contributed by atoms with Crippen molar-refractivity contribution in [1.82, 2.24) is 9.55 Å². The molecule has 3 aromatic rings. The van der Waals surface area contributed by atoms with Crippen LogP contribution >= 0.6 is 0 Å². The number of benzene rings is 1. The van der Waals surface area contributed by atoms with Crippen LogP contribution in [0.5, 0.6) is 5.75 Å². The van der Waals surface area contributed by atoms with Gasteiger partial charge in [-0.15, -0.1) is 0 Å². The molecule has 0 saturated carbocycles. The monoisotopic (exact) mass is 349 g/mol. The first kappa shape index (κ1) is 17.2. The van der Waals surface area contributed by atoms with Crippen LogP contribution in [-0.2, 0) is 11.3 Å². The van der Waals surface area contributed by atoms with Crippen LogP contribution in [0.2, 0.25) is 0 Å². The Hall–Kier alpha value is -3.66. The highest BCUT2D eigenvalue weighted by Crippen LogP contribution is 2.35. The molecule has 7 heteroatoms. The van der Waals surface area contributed by atoms with Crippen molar-refractivity contribution in [2.45, 2.75) is 20.4 Å². The summed E-state index contributed by atoms with van der Waals surface area (Å²) >= 11 is 0. The van der Waals surface area contributed by atoms with Gasteiger partial charge in [-0.05, 0) is 18.1 Å². The first-order valence-electron chi connectivity index (χ1n) is 7.81. The number of carbonyl (C=O) groups is 2. The van der Waals surface area contributed by atoms with E-state index >= 15 is 0 Å². The molecule has 0 aliphatic heterocycles. The predicted molar refractivity (Wildman–Crippen MR) is 93.0 cm³/mol. The summed E-state index contributed by atoms with van der Waals surface area (Å²) in [6.45, 7) is 3.42. The Bertz CT molecular complexity index is 1060. The molecule has 0 radical (unpaired) electrons. The van der Waals surface area contributed by atoms with E-state index in [1.807, 2.05) is 41.0 Å². The second-order valence-corrected chi connectivity index (χ2v) is 5.80. The zero-order valence-electron chi connectivity index (χ0n) is 14.2. The largest absolute Gasteiger partial charge is 0.476 e. The van der Waals surface area contributed by atoms with Gasteiger partial charge in [-0.3, -0.25) is 4.79 Å². The molecule has 1 aromatic carbocycles. The van der Waals surface area contributed by atoms with Gasteiger partial charge in [-0.1, -0.05) is 30.3 Å². The number of aryl methyl sites for hydroxylation is 1. The fourth-order valence-electron chi connectivity index (χ4n) is 2.94. The van der Waals surface area contributed by atoms with Crippen molar-refractivity contribution in [3.05, 3.63) is 59.0 Å². The van der Waals surface area contributed by atoms with Crippen LogP contribution in [0.1, 0.15) is 34.2 Å². The summed E-state index contributed by atoms with van der Waals surface area (Å²) in [7, 11) is 0. The number of hydrogen-bond acceptors (Lipinski definition) is 5. The predicted octanol–water partition coefficient (Wildman–Crippen LogP) is 2.89. The van der Waals surface area contributed by atoms with Gasteiger partial charge in [0.1, 0.15) is 6.07 Å². The maximum Gasteiger partial charge on any atom is 0.358 e. The van der Waals surface area contributed by atoms with Gasteiger partial charge in [0.2, 0.25) is 0 Å². The van der Waals surface area contributed by atoms with Gasteiger partial charge in [-0.25, -0.2) is 9.78 Å². The van der Waals surface area contributed by atoms with Crippen molar-refractivity contribution in [1.29, 1.82) is 5.26 Å². The van der Waals surface area contributed by atoms with Gasteiger partial charge >= 0.3 is 11.9 Å². The fraction of sp³-hybridized carbons (Fsp3) is 0.158. The van der Waals surface area contributed by atoms with Gasteiger partial charge in [-0.2, -0.15) is 5.26 Å². The van der Waals surface area contributed by atoms with E-state index in [0.29, 0.717) is 23.0 Å². The standard InChI is InChI=1S/C19H15N3O4/c1-11-9-22(10-13-6-4-3-5-7-13)17-14(8-20)21-16(19(24)25)18(15(11)17)26-12(2)23/h3-7,9H,10H2,1-2H3,(H,24,25). The Morgan fingerprint density at radius 3 is 2.58 bits per heavy atom. The Labute approximate surface area is 149 Å². The summed E-state index contributed by atoms with van der Waals surface area (Å²) in [5, 5.41) is 19.3. The van der Waals surface area contributed by atoms with E-state index in [-0.39, 0.29) is 11.4 Å². The van der Waals surface area contributed by atoms with Crippen LogP contribution < -0.4 is 4.74 Å². The summed E-state index contributed by atoms with van der Waals surface area (Å²) in [6, 6.07) is 11.6. The molecule has 0 aliphatic carbocycles. The van der Waals surface area contributed by atoms with Crippen molar-refractivity contribution in [3.63, 3.8) is 0 Å². The fourth-order valence-corrected chi connectivity index (χ4v) is 2.94. The molecule has 0 fully saturated rings. The number of aromatic nitrogens is 2. The summed E-state index contributed by atoms with van der Waals surface area (Å²) in [4.78, 5) is 27.0. The number of carboxylic acids is 1. The van der Waals surface area contributed by atoms with Crippen LogP contribution in [0.3, 0.4) is 0 Å². The van der Waals surface area contributed by atoms with Gasteiger partial charge in [0, 0.05) is 19.7 Å². The third-order valence-corrected chi connectivity index (χ3v) is 3.91. The van der Waals surface area contributed by atoms with Gasteiger partial charge in [0.05, 0.1) is 10.9 Å². The molecule has 130 valence electrons. The molecule has 0 saturated heterocycles. The zero-order valence-corrected chi connectivity index (χ0v) is 14.2. The minimum atomic E-state index is -1.37. The zero-order chi connectivity index (χ0) is 18.8. The second kappa shape index (κ2) is 6.69. The number of pyridine rings is 1. The van der Waals surface area contributed by atoms with Crippen LogP contribution in [0.25, 0.3) is 10.9 Å². The van der Waals surface area contributed by atoms with Crippen LogP contribution in [0, 0.1) is 18.3 Å². The molecular weight excluding hydrogens is 334 g/mol. The maximum atomic E-state index is 11.6. The third-order valence-electron chi connectivity index (χ3n) is 3.91. The Morgan fingerprint density at radius 2 is 2.00 bits per heavy atom. The molecule has 3 rings (SSSR count). The first-order valence-corrected chi connectivity index (χ1v) is 7.81. The van der Waals surface area contributed by atoms with E-state index in [9.17, 15) is 20.0 Å². The smallest absolute Gasteiger partial charge is 0.358 e. The lowest BCUT2D eigenvalue weighted by atomic mass is 10.1. The molecule has 0 amide bonds. The number of ether oxygens (including phenoxy) is 1. The quantitative estimate of drug-likeness (QED) is 0.726. The van der Waals surface area contributed by atoms with E-state index in [1.165, 1.54) is 6.92 Å². The molecule has 0 unspecified atom stereocenters. The Balaban J connectivity index is 2.32. The number of nitrogens with zero attached hydrogens (tertiary/aromatic N) is 3. The molecule has 0 spiro atoms.